The first-order valence-electron chi connectivity index (χ1n) is 13.5. The standard InChI is InChI=1S/C30H43N3O2/c1-4-5-6-7-8-9-10-11-12-15-20-33-27-17-14-13-16-26(27)32-29(33)22-31-30(34)23-35-28-21-24(2)18-19-25(28)3/h13-14,16-19,21H,4-12,15,20,22-23H2,1-3H3,(H,31,34). The van der Waals surface area contributed by atoms with E-state index in [9.17, 15) is 4.79 Å². The molecule has 3 rings (SSSR count). The molecule has 1 heterocycles. The molecule has 1 amide bonds. The molecule has 0 aliphatic carbocycles. The van der Waals surface area contributed by atoms with Crippen LogP contribution in [0.5, 0.6) is 5.75 Å². The minimum atomic E-state index is -0.136. The molecule has 3 aromatic rings. The Morgan fingerprint density at radius 2 is 1.60 bits per heavy atom. The predicted octanol–water partition coefficient (Wildman–Crippen LogP) is 7.27. The van der Waals surface area contributed by atoms with Crippen LogP contribution in [-0.2, 0) is 17.9 Å². The van der Waals surface area contributed by atoms with E-state index in [-0.39, 0.29) is 12.5 Å². The van der Waals surface area contributed by atoms with Gasteiger partial charge in [0, 0.05) is 6.54 Å². The summed E-state index contributed by atoms with van der Waals surface area (Å²) in [7, 11) is 0. The number of hydrogen-bond acceptors (Lipinski definition) is 3. The Hall–Kier alpha value is -2.82. The lowest BCUT2D eigenvalue weighted by atomic mass is 10.1. The number of para-hydroxylation sites is 2. The molecule has 0 aliphatic rings. The van der Waals surface area contributed by atoms with E-state index in [1.54, 1.807) is 0 Å². The number of carbonyl (C=O) groups excluding carboxylic acids is 1. The van der Waals surface area contributed by atoms with Crippen LogP contribution in [0.1, 0.15) is 88.1 Å². The Morgan fingerprint density at radius 1 is 0.914 bits per heavy atom. The average Bonchev–Trinajstić information content (AvgIpc) is 3.22. The summed E-state index contributed by atoms with van der Waals surface area (Å²) < 4.78 is 8.03. The molecular formula is C30H43N3O2. The average molecular weight is 478 g/mol. The first-order chi connectivity index (χ1) is 17.1. The number of ether oxygens (including phenoxy) is 1. The fourth-order valence-electron chi connectivity index (χ4n) is 4.50. The maximum absolute atomic E-state index is 12.5. The van der Waals surface area contributed by atoms with Crippen molar-refractivity contribution in [3.63, 3.8) is 0 Å². The number of rotatable bonds is 16. The van der Waals surface area contributed by atoms with Crippen molar-refractivity contribution in [2.24, 2.45) is 0 Å². The van der Waals surface area contributed by atoms with Gasteiger partial charge in [0.05, 0.1) is 17.6 Å². The van der Waals surface area contributed by atoms with Crippen LogP contribution < -0.4 is 10.1 Å². The number of aromatic nitrogens is 2. The van der Waals surface area contributed by atoms with E-state index < -0.39 is 0 Å². The molecule has 190 valence electrons. The molecule has 0 radical (unpaired) electrons. The van der Waals surface area contributed by atoms with Crippen molar-refractivity contribution in [2.45, 2.75) is 98.1 Å². The third-order valence-corrected chi connectivity index (χ3v) is 6.61. The Labute approximate surface area is 211 Å². The van der Waals surface area contributed by atoms with Gasteiger partial charge in [0.15, 0.2) is 6.61 Å². The van der Waals surface area contributed by atoms with Crippen LogP contribution in [0, 0.1) is 13.8 Å². The van der Waals surface area contributed by atoms with Crippen molar-refractivity contribution in [1.82, 2.24) is 14.9 Å². The van der Waals surface area contributed by atoms with Crippen LogP contribution in [0.3, 0.4) is 0 Å². The molecule has 5 heteroatoms. The Bertz CT molecular complexity index is 1060. The highest BCUT2D eigenvalue weighted by atomic mass is 16.5. The van der Waals surface area contributed by atoms with E-state index in [1.807, 2.05) is 44.2 Å². The maximum Gasteiger partial charge on any atom is 0.258 e. The first kappa shape index (κ1) is 26.8. The molecule has 0 saturated heterocycles. The molecule has 0 fully saturated rings. The van der Waals surface area contributed by atoms with Gasteiger partial charge in [-0.1, -0.05) is 89.0 Å². The zero-order valence-electron chi connectivity index (χ0n) is 21.9. The number of nitrogens with zero attached hydrogens (tertiary/aromatic N) is 2. The molecule has 0 aliphatic heterocycles. The molecule has 5 nitrogen and oxygen atoms in total. The molecule has 1 N–H and O–H groups in total. The highest BCUT2D eigenvalue weighted by Crippen LogP contribution is 2.20. The normalized spacial score (nSPS) is 11.2. The van der Waals surface area contributed by atoms with Gasteiger partial charge < -0.3 is 14.6 Å². The van der Waals surface area contributed by atoms with Gasteiger partial charge in [-0.2, -0.15) is 0 Å². The van der Waals surface area contributed by atoms with Gasteiger partial charge in [0.2, 0.25) is 0 Å². The number of amides is 1. The van der Waals surface area contributed by atoms with Crippen LogP contribution in [0.25, 0.3) is 11.0 Å². The van der Waals surface area contributed by atoms with Crippen molar-refractivity contribution < 1.29 is 9.53 Å². The van der Waals surface area contributed by atoms with E-state index in [2.05, 4.69) is 28.9 Å². The monoisotopic (exact) mass is 477 g/mol. The second-order valence-electron chi connectivity index (χ2n) is 9.68. The van der Waals surface area contributed by atoms with Crippen molar-refractivity contribution in [2.75, 3.05) is 6.61 Å². The Balaban J connectivity index is 1.46. The number of unbranched alkanes of at least 4 members (excludes halogenated alkanes) is 9. The third kappa shape index (κ3) is 8.72. The number of aryl methyl sites for hydroxylation is 3. The molecular weight excluding hydrogens is 434 g/mol. The van der Waals surface area contributed by atoms with Crippen molar-refractivity contribution in [3.8, 4) is 5.75 Å². The maximum atomic E-state index is 12.5. The van der Waals surface area contributed by atoms with Crippen LogP contribution in [0.15, 0.2) is 42.5 Å². The topological polar surface area (TPSA) is 56.2 Å². The quantitative estimate of drug-likeness (QED) is 0.221. The Morgan fingerprint density at radius 3 is 2.34 bits per heavy atom. The summed E-state index contributed by atoms with van der Waals surface area (Å²) in [4.78, 5) is 17.3. The van der Waals surface area contributed by atoms with Crippen molar-refractivity contribution in [3.05, 3.63) is 59.4 Å². The summed E-state index contributed by atoms with van der Waals surface area (Å²) in [5.74, 6) is 1.53. The van der Waals surface area contributed by atoms with Gasteiger partial charge in [0.25, 0.3) is 5.91 Å². The van der Waals surface area contributed by atoms with Crippen molar-refractivity contribution in [1.29, 1.82) is 0 Å². The summed E-state index contributed by atoms with van der Waals surface area (Å²) >= 11 is 0. The number of carbonyl (C=O) groups is 1. The summed E-state index contributed by atoms with van der Waals surface area (Å²) in [5.41, 5.74) is 4.27. The van der Waals surface area contributed by atoms with Gasteiger partial charge in [-0.3, -0.25) is 4.79 Å². The molecule has 0 atom stereocenters. The zero-order valence-corrected chi connectivity index (χ0v) is 21.9. The third-order valence-electron chi connectivity index (χ3n) is 6.61. The van der Waals surface area contributed by atoms with Gasteiger partial charge >= 0.3 is 0 Å². The SMILES string of the molecule is CCCCCCCCCCCCn1c(CNC(=O)COc2cc(C)ccc2C)nc2ccccc21. The van der Waals surface area contributed by atoms with Crippen LogP contribution in [0.4, 0.5) is 0 Å². The van der Waals surface area contributed by atoms with E-state index in [0.29, 0.717) is 6.54 Å². The first-order valence-corrected chi connectivity index (χ1v) is 13.5. The molecule has 2 aromatic carbocycles. The zero-order chi connectivity index (χ0) is 24.9. The number of hydrogen-bond donors (Lipinski definition) is 1. The van der Waals surface area contributed by atoms with Gasteiger partial charge in [-0.15, -0.1) is 0 Å². The van der Waals surface area contributed by atoms with Gasteiger partial charge in [-0.05, 0) is 49.6 Å². The molecule has 0 unspecified atom stereocenters. The minimum absolute atomic E-state index is 0.00294. The van der Waals surface area contributed by atoms with E-state index >= 15 is 0 Å². The van der Waals surface area contributed by atoms with Crippen molar-refractivity contribution >= 4 is 16.9 Å². The van der Waals surface area contributed by atoms with E-state index in [0.717, 1.165) is 46.7 Å². The molecule has 0 spiro atoms. The largest absolute Gasteiger partial charge is 0.483 e. The number of nitrogens with one attached hydrogen (secondary N) is 1. The number of benzene rings is 2. The minimum Gasteiger partial charge on any atom is -0.483 e. The van der Waals surface area contributed by atoms with Gasteiger partial charge in [-0.25, -0.2) is 4.98 Å². The summed E-state index contributed by atoms with van der Waals surface area (Å²) in [6.45, 7) is 7.62. The highest BCUT2D eigenvalue weighted by molar-refractivity contribution is 5.78. The molecule has 35 heavy (non-hydrogen) atoms. The molecule has 0 saturated carbocycles. The van der Waals surface area contributed by atoms with E-state index in [4.69, 9.17) is 9.72 Å². The highest BCUT2D eigenvalue weighted by Gasteiger charge is 2.12. The molecule has 1 aromatic heterocycles. The van der Waals surface area contributed by atoms with Crippen LogP contribution >= 0.6 is 0 Å². The summed E-state index contributed by atoms with van der Waals surface area (Å²) in [5, 5.41) is 3.00. The summed E-state index contributed by atoms with van der Waals surface area (Å²) in [6, 6.07) is 14.3. The second-order valence-corrected chi connectivity index (χ2v) is 9.68. The predicted molar refractivity (Wildman–Crippen MR) is 145 cm³/mol. The lowest BCUT2D eigenvalue weighted by molar-refractivity contribution is -0.123. The fraction of sp³-hybridized carbons (Fsp3) is 0.533. The smallest absolute Gasteiger partial charge is 0.258 e. The van der Waals surface area contributed by atoms with Gasteiger partial charge in [0.1, 0.15) is 11.6 Å². The van der Waals surface area contributed by atoms with Crippen LogP contribution in [0.2, 0.25) is 0 Å². The lowest BCUT2D eigenvalue weighted by Gasteiger charge is -2.12. The Kier molecular flexibility index (Phi) is 11.1. The van der Waals surface area contributed by atoms with Crippen LogP contribution in [-0.4, -0.2) is 22.1 Å². The van der Waals surface area contributed by atoms with E-state index in [1.165, 1.54) is 57.8 Å². The second kappa shape index (κ2) is 14.6. The number of imidazole rings is 1. The molecule has 0 bridgehead atoms. The summed E-state index contributed by atoms with van der Waals surface area (Å²) in [6.07, 6.45) is 13.2. The number of fused-ring (bicyclic) bond motifs is 1. The lowest BCUT2D eigenvalue weighted by Crippen LogP contribution is -2.29. The fourth-order valence-corrected chi connectivity index (χ4v) is 4.50.